The number of urea groups is 1. The zero-order chi connectivity index (χ0) is 22.3. The van der Waals surface area contributed by atoms with E-state index in [1.165, 1.54) is 17.0 Å². The number of aromatic nitrogens is 2. The Morgan fingerprint density at radius 3 is 2.35 bits per heavy atom. The lowest BCUT2D eigenvalue weighted by molar-refractivity contribution is -0.151. The molecule has 3 aliphatic rings. The number of amides is 4. The molecule has 2 aliphatic heterocycles. The molecule has 0 unspecified atom stereocenters. The van der Waals surface area contributed by atoms with E-state index in [1.54, 1.807) is 4.90 Å². The van der Waals surface area contributed by atoms with Crippen LogP contribution in [0.2, 0.25) is 0 Å². The Labute approximate surface area is 175 Å². The number of alkyl halides is 3. The van der Waals surface area contributed by atoms with Crippen LogP contribution >= 0.6 is 0 Å². The predicted molar refractivity (Wildman–Crippen MR) is 99.9 cm³/mol. The Hall–Kier alpha value is -2.92. The van der Waals surface area contributed by atoms with Gasteiger partial charge in [0.2, 0.25) is 5.91 Å². The van der Waals surface area contributed by atoms with Gasteiger partial charge in [0.25, 0.3) is 11.5 Å². The van der Waals surface area contributed by atoms with Gasteiger partial charge >= 0.3 is 12.2 Å². The molecule has 1 aromatic rings. The summed E-state index contributed by atoms with van der Waals surface area (Å²) in [6.45, 7) is -1.57. The van der Waals surface area contributed by atoms with Crippen LogP contribution in [0.4, 0.5) is 18.0 Å². The van der Waals surface area contributed by atoms with Crippen LogP contribution in [0.3, 0.4) is 0 Å². The predicted octanol–water partition coefficient (Wildman–Crippen LogP) is 0.938. The Bertz CT molecular complexity index is 951. The molecule has 31 heavy (non-hydrogen) atoms. The van der Waals surface area contributed by atoms with Crippen molar-refractivity contribution in [2.45, 2.75) is 50.4 Å². The first-order valence-corrected chi connectivity index (χ1v) is 10.1. The molecule has 12 heteroatoms. The van der Waals surface area contributed by atoms with Crippen molar-refractivity contribution in [1.82, 2.24) is 24.3 Å². The van der Waals surface area contributed by atoms with Crippen molar-refractivity contribution in [3.05, 3.63) is 28.4 Å². The molecule has 3 fully saturated rings. The number of hydrogen-bond donors (Lipinski definition) is 0. The molecule has 1 saturated carbocycles. The number of carbonyl (C=O) groups is 3. The molecule has 0 aromatic carbocycles. The van der Waals surface area contributed by atoms with Gasteiger partial charge < -0.3 is 9.80 Å². The van der Waals surface area contributed by atoms with Gasteiger partial charge in [-0.05, 0) is 25.7 Å². The minimum absolute atomic E-state index is 0.151. The summed E-state index contributed by atoms with van der Waals surface area (Å²) in [7, 11) is 0. The van der Waals surface area contributed by atoms with Gasteiger partial charge in [-0.2, -0.15) is 13.2 Å². The molecule has 0 N–H and O–H groups in total. The summed E-state index contributed by atoms with van der Waals surface area (Å²) in [5.41, 5.74) is 0.463. The second kappa shape index (κ2) is 7.97. The SMILES string of the molecule is O=C(Cn1cnc(C2CC2)cc1=O)N1CCC(N2CC(=O)N(CC(F)(F)F)C2=O)CC1. The van der Waals surface area contributed by atoms with E-state index in [4.69, 9.17) is 0 Å². The second-order valence-electron chi connectivity index (χ2n) is 8.17. The smallest absolute Gasteiger partial charge is 0.341 e. The summed E-state index contributed by atoms with van der Waals surface area (Å²) >= 11 is 0. The summed E-state index contributed by atoms with van der Waals surface area (Å²) in [5.74, 6) is -0.810. The van der Waals surface area contributed by atoms with E-state index >= 15 is 0 Å². The molecule has 1 aliphatic carbocycles. The molecular formula is C19H22F3N5O4. The van der Waals surface area contributed by atoms with Gasteiger partial charge in [0.1, 0.15) is 19.6 Å². The first kappa shape index (κ1) is 21.3. The van der Waals surface area contributed by atoms with Crippen molar-refractivity contribution in [3.8, 4) is 0 Å². The fourth-order valence-corrected chi connectivity index (χ4v) is 4.01. The second-order valence-corrected chi connectivity index (χ2v) is 8.17. The summed E-state index contributed by atoms with van der Waals surface area (Å²) < 4.78 is 39.0. The fraction of sp³-hybridized carbons (Fsp3) is 0.632. The molecule has 3 heterocycles. The number of hydrogen-bond acceptors (Lipinski definition) is 5. The lowest BCUT2D eigenvalue weighted by Crippen LogP contribution is -2.49. The number of nitrogens with zero attached hydrogens (tertiary/aromatic N) is 5. The normalized spacial score (nSPS) is 20.7. The van der Waals surface area contributed by atoms with Crippen molar-refractivity contribution in [2.75, 3.05) is 26.2 Å². The number of likely N-dealkylation sites (tertiary alicyclic amines) is 1. The Kier molecular flexibility index (Phi) is 5.48. The van der Waals surface area contributed by atoms with Gasteiger partial charge in [-0.25, -0.2) is 9.78 Å². The van der Waals surface area contributed by atoms with Crippen LogP contribution in [-0.2, 0) is 16.1 Å². The number of imide groups is 1. The van der Waals surface area contributed by atoms with E-state index in [-0.39, 0.29) is 42.5 Å². The number of halogens is 3. The van der Waals surface area contributed by atoms with Crippen LogP contribution in [-0.4, -0.2) is 80.5 Å². The van der Waals surface area contributed by atoms with Crippen LogP contribution in [0.25, 0.3) is 0 Å². The average molecular weight is 441 g/mol. The maximum Gasteiger partial charge on any atom is 0.406 e. The topological polar surface area (TPSA) is 95.8 Å². The third kappa shape index (κ3) is 4.72. The quantitative estimate of drug-likeness (QED) is 0.634. The van der Waals surface area contributed by atoms with Crippen molar-refractivity contribution in [1.29, 1.82) is 0 Å². The van der Waals surface area contributed by atoms with Crippen LogP contribution in [0.15, 0.2) is 17.2 Å². The Morgan fingerprint density at radius 2 is 1.77 bits per heavy atom. The van der Waals surface area contributed by atoms with Crippen molar-refractivity contribution < 1.29 is 27.6 Å². The van der Waals surface area contributed by atoms with E-state index in [1.807, 2.05) is 0 Å². The van der Waals surface area contributed by atoms with Crippen molar-refractivity contribution in [3.63, 3.8) is 0 Å². The van der Waals surface area contributed by atoms with Gasteiger partial charge in [-0.1, -0.05) is 0 Å². The molecule has 4 rings (SSSR count). The highest BCUT2D eigenvalue weighted by molar-refractivity contribution is 6.02. The first-order chi connectivity index (χ1) is 14.6. The van der Waals surface area contributed by atoms with Crippen molar-refractivity contribution in [2.24, 2.45) is 0 Å². The van der Waals surface area contributed by atoms with Gasteiger partial charge in [0.05, 0.1) is 12.0 Å². The minimum Gasteiger partial charge on any atom is -0.341 e. The minimum atomic E-state index is -4.65. The van der Waals surface area contributed by atoms with Gasteiger partial charge in [-0.15, -0.1) is 0 Å². The summed E-state index contributed by atoms with van der Waals surface area (Å²) in [6, 6.07) is 0.0984. The number of rotatable bonds is 5. The summed E-state index contributed by atoms with van der Waals surface area (Å²) in [5, 5.41) is 0. The standard InChI is InChI=1S/C19H22F3N5O4/c20-19(21,22)10-27-17(30)9-26(18(27)31)13-3-5-24(6-4-13)16(29)8-25-11-23-14(7-15(25)28)12-1-2-12/h7,11-13H,1-6,8-10H2. The van der Waals surface area contributed by atoms with E-state index in [0.717, 1.165) is 23.4 Å². The fourth-order valence-electron chi connectivity index (χ4n) is 4.01. The largest absolute Gasteiger partial charge is 0.406 e. The number of carbonyl (C=O) groups excluding carboxylic acids is 3. The lowest BCUT2D eigenvalue weighted by Gasteiger charge is -2.36. The summed E-state index contributed by atoms with van der Waals surface area (Å²) in [6.07, 6.45) is -0.547. The van der Waals surface area contributed by atoms with Gasteiger partial charge in [-0.3, -0.25) is 23.9 Å². The van der Waals surface area contributed by atoms with E-state index < -0.39 is 30.7 Å². The van der Waals surface area contributed by atoms with E-state index in [2.05, 4.69) is 4.98 Å². The van der Waals surface area contributed by atoms with E-state index in [0.29, 0.717) is 18.8 Å². The molecule has 0 radical (unpaired) electrons. The van der Waals surface area contributed by atoms with Crippen LogP contribution < -0.4 is 5.56 Å². The molecule has 168 valence electrons. The number of piperidine rings is 1. The Morgan fingerprint density at radius 1 is 1.10 bits per heavy atom. The van der Waals surface area contributed by atoms with Crippen LogP contribution in [0.5, 0.6) is 0 Å². The molecule has 2 saturated heterocycles. The third-order valence-corrected chi connectivity index (χ3v) is 5.88. The van der Waals surface area contributed by atoms with Crippen molar-refractivity contribution >= 4 is 17.8 Å². The van der Waals surface area contributed by atoms with Gasteiger partial charge in [0.15, 0.2) is 0 Å². The zero-order valence-electron chi connectivity index (χ0n) is 16.7. The van der Waals surface area contributed by atoms with Crippen LogP contribution in [0.1, 0.15) is 37.3 Å². The average Bonchev–Trinajstić information content (AvgIpc) is 3.52. The molecular weight excluding hydrogens is 419 g/mol. The maximum absolute atomic E-state index is 12.6. The lowest BCUT2D eigenvalue weighted by atomic mass is 10.0. The molecule has 0 spiro atoms. The third-order valence-electron chi connectivity index (χ3n) is 5.88. The highest BCUT2D eigenvalue weighted by Crippen LogP contribution is 2.38. The first-order valence-electron chi connectivity index (χ1n) is 10.1. The Balaban J connectivity index is 1.31. The van der Waals surface area contributed by atoms with Crippen LogP contribution in [0, 0.1) is 0 Å². The molecule has 9 nitrogen and oxygen atoms in total. The molecule has 0 bridgehead atoms. The zero-order valence-corrected chi connectivity index (χ0v) is 16.7. The van der Waals surface area contributed by atoms with Gasteiger partial charge in [0, 0.05) is 31.1 Å². The highest BCUT2D eigenvalue weighted by atomic mass is 19.4. The van der Waals surface area contributed by atoms with E-state index in [9.17, 15) is 32.3 Å². The molecule has 0 atom stereocenters. The monoisotopic (exact) mass is 441 g/mol. The molecule has 4 amide bonds. The maximum atomic E-state index is 12.6. The highest BCUT2D eigenvalue weighted by Gasteiger charge is 2.45. The molecule has 1 aromatic heterocycles. The summed E-state index contributed by atoms with van der Waals surface area (Å²) in [4.78, 5) is 56.1.